The molecule has 0 saturated carbocycles. The van der Waals surface area contributed by atoms with Crippen LogP contribution in [0.1, 0.15) is 204 Å². The van der Waals surface area contributed by atoms with Crippen LogP contribution in [0.3, 0.4) is 0 Å². The van der Waals surface area contributed by atoms with Crippen molar-refractivity contribution < 1.29 is 25.1 Å². The molecule has 51 heavy (non-hydrogen) atoms. The van der Waals surface area contributed by atoms with Gasteiger partial charge < -0.3 is 19.4 Å². The Morgan fingerprint density at radius 2 is 0.765 bits per heavy atom. The van der Waals surface area contributed by atoms with Gasteiger partial charge in [-0.05, 0) is 111 Å². The topological polar surface area (TPSA) is 25.3 Å². The molecule has 1 aliphatic heterocycles. The molecule has 2 aromatic rings. The first kappa shape index (κ1) is 49.2. The van der Waals surface area contributed by atoms with E-state index < -0.39 is 0 Å². The van der Waals surface area contributed by atoms with Gasteiger partial charge in [-0.1, -0.05) is 130 Å². The second-order valence-corrected chi connectivity index (χ2v) is 14.1. The third kappa shape index (κ3) is 18.7. The average molecular weight is 790 g/mol. The molecule has 0 bridgehead atoms. The Bertz CT molecular complexity index is 1190. The summed E-state index contributed by atoms with van der Waals surface area (Å²) >= 11 is 0. The van der Waals surface area contributed by atoms with E-state index in [1.165, 1.54) is 142 Å². The van der Waals surface area contributed by atoms with Crippen LogP contribution in [0.5, 0.6) is 0 Å². The van der Waals surface area contributed by atoms with Gasteiger partial charge in [0, 0.05) is 22.8 Å². The molecule has 0 N–H and O–H groups in total. The predicted octanol–water partition coefficient (Wildman–Crippen LogP) is 15.8. The van der Waals surface area contributed by atoms with Crippen LogP contribution in [0.4, 0.5) is 0 Å². The molecule has 2 aromatic carbocycles. The van der Waals surface area contributed by atoms with Crippen molar-refractivity contribution in [3.8, 4) is 0 Å². The number of aryl methyl sites for hydroxylation is 4. The summed E-state index contributed by atoms with van der Waals surface area (Å²) < 4.78 is 1.57. The minimum atomic E-state index is 0. The maximum atomic E-state index is 12.1. The van der Waals surface area contributed by atoms with Crippen molar-refractivity contribution in [1.82, 2.24) is 0 Å². The molecule has 0 fully saturated rings. The molecule has 3 rings (SSSR count). The van der Waals surface area contributed by atoms with Gasteiger partial charge in [0.1, 0.15) is 0 Å². The molecule has 0 aliphatic carbocycles. The fourth-order valence-corrected chi connectivity index (χ4v) is 7.03. The first-order valence-electron chi connectivity index (χ1n) is 21.2. The van der Waals surface area contributed by atoms with Crippen LogP contribution in [-0.2, 0) is 46.1 Å². The van der Waals surface area contributed by atoms with Crippen LogP contribution in [-0.4, -0.2) is 4.70 Å². The largest absolute Gasteiger partial charge is 2.00 e. The summed E-state index contributed by atoms with van der Waals surface area (Å²) in [6.07, 6.45) is 30.6. The van der Waals surface area contributed by atoms with Gasteiger partial charge in [-0.3, -0.25) is 0 Å². The van der Waals surface area contributed by atoms with Gasteiger partial charge in [0.25, 0.3) is 0 Å². The molecule has 1 aliphatic rings. The molecule has 1 heterocycles. The van der Waals surface area contributed by atoms with Crippen molar-refractivity contribution in [1.29, 1.82) is 0 Å². The van der Waals surface area contributed by atoms with E-state index in [1.807, 2.05) is 0 Å². The fourth-order valence-electron chi connectivity index (χ4n) is 7.03. The van der Waals surface area contributed by atoms with Gasteiger partial charge in [-0.15, -0.1) is 0 Å². The van der Waals surface area contributed by atoms with Gasteiger partial charge in [-0.2, -0.15) is 13.8 Å². The molecule has 0 spiro atoms. The normalized spacial score (nSPS) is 12.2. The minimum absolute atomic E-state index is 0. The monoisotopic (exact) mass is 789 g/mol. The summed E-state index contributed by atoms with van der Waals surface area (Å²) in [4.78, 5) is 0. The Kier molecular flexibility index (Phi) is 30.6. The van der Waals surface area contributed by atoms with Gasteiger partial charge >= 0.3 is 20.4 Å². The molecule has 0 unspecified atom stereocenters. The molecular formula is C48H78N2Pd. The Morgan fingerprint density at radius 1 is 0.431 bits per heavy atom. The zero-order valence-electron chi connectivity index (χ0n) is 34.4. The summed E-state index contributed by atoms with van der Waals surface area (Å²) in [7, 11) is 0. The summed E-state index contributed by atoms with van der Waals surface area (Å²) in [5, 5.41) is 0. The van der Waals surface area contributed by atoms with Crippen molar-refractivity contribution >= 4 is 11.4 Å². The van der Waals surface area contributed by atoms with Crippen LogP contribution in [0.25, 0.3) is 16.9 Å². The third-order valence-electron chi connectivity index (χ3n) is 9.81. The molecular weight excluding hydrogens is 711 g/mol. The standard InChI is InChI=1S/C44H68N2.2C2H5.Pd/c1-6-11-16-20-24-36-29-37(25-21-17-12-7-2)32-41(31-36)43-35-40(28-15-10-5)44(46(43)45)42-33-38(26-22-18-13-8-3)30-39(34-42)27-23-19-14-9-4;2*1-2;/h29-35H,6-28H2,1-5H3;2*1H2,2H3;/q;2*-1;+2. The van der Waals surface area contributed by atoms with Crippen molar-refractivity contribution in [2.45, 2.75) is 196 Å². The number of hydrogen-bond acceptors (Lipinski definition) is 0. The Labute approximate surface area is 331 Å². The molecule has 2 nitrogen and oxygen atoms in total. The summed E-state index contributed by atoms with van der Waals surface area (Å²) in [6, 6.07) is 14.5. The zero-order chi connectivity index (χ0) is 37.0. The zero-order valence-corrected chi connectivity index (χ0v) is 36.0. The van der Waals surface area contributed by atoms with Crippen molar-refractivity contribution in [2.75, 3.05) is 0 Å². The Hall–Kier alpha value is -1.82. The van der Waals surface area contributed by atoms with Crippen LogP contribution in [0.15, 0.2) is 48.0 Å². The summed E-state index contributed by atoms with van der Waals surface area (Å²) in [5.74, 6) is 0. The minimum Gasteiger partial charge on any atom is -0.493 e. The number of hydrogen-bond donors (Lipinski definition) is 0. The van der Waals surface area contributed by atoms with Gasteiger partial charge in [0.05, 0.1) is 0 Å². The smallest absolute Gasteiger partial charge is 0.493 e. The van der Waals surface area contributed by atoms with Gasteiger partial charge in [0.2, 0.25) is 11.4 Å². The number of allylic oxidation sites excluding steroid dienone is 2. The van der Waals surface area contributed by atoms with Crippen molar-refractivity contribution in [2.24, 2.45) is 0 Å². The van der Waals surface area contributed by atoms with E-state index in [0.717, 1.165) is 56.3 Å². The molecule has 0 saturated heterocycles. The second kappa shape index (κ2) is 31.7. The summed E-state index contributed by atoms with van der Waals surface area (Å²) in [5.41, 5.74) is 23.5. The molecule has 0 amide bonds. The van der Waals surface area contributed by atoms with E-state index in [1.54, 1.807) is 18.5 Å². The van der Waals surface area contributed by atoms with E-state index in [4.69, 9.17) is 0 Å². The Morgan fingerprint density at radius 3 is 1.10 bits per heavy atom. The number of rotatable bonds is 25. The molecule has 0 radical (unpaired) electrons. The van der Waals surface area contributed by atoms with Gasteiger partial charge in [0.15, 0.2) is 0 Å². The number of benzene rings is 2. The van der Waals surface area contributed by atoms with Crippen LogP contribution in [0, 0.1) is 13.8 Å². The van der Waals surface area contributed by atoms with E-state index in [0.29, 0.717) is 0 Å². The molecule has 3 heteroatoms. The SMILES string of the molecule is CCCCCCc1cc(CCCCCC)cc(C2=CC(CCCC)=C(c3cc(CCCCCC)cc(CCCCCC)c3)[N+]2=[N-])c1.[CH2-]C.[CH2-]C.[Pd+2]. The first-order valence-corrected chi connectivity index (χ1v) is 21.2. The molecule has 0 aromatic heterocycles. The van der Waals surface area contributed by atoms with Crippen LogP contribution in [0.2, 0.25) is 0 Å². The number of unbranched alkanes of at least 4 members (excludes halogenated alkanes) is 13. The third-order valence-corrected chi connectivity index (χ3v) is 9.81. The fraction of sp³-hybridized carbons (Fsp3) is 0.625. The Balaban J connectivity index is 0.00000482. The quantitative estimate of drug-likeness (QED) is 0.0414. The molecule has 0 atom stereocenters. The molecule has 290 valence electrons. The van der Waals surface area contributed by atoms with E-state index in [2.05, 4.69) is 90.9 Å². The average Bonchev–Trinajstić information content (AvgIpc) is 3.48. The second-order valence-electron chi connectivity index (χ2n) is 14.1. The predicted molar refractivity (Wildman–Crippen MR) is 224 cm³/mol. The maximum absolute atomic E-state index is 12.1. The van der Waals surface area contributed by atoms with Crippen molar-refractivity contribution in [3.05, 3.63) is 101 Å². The first-order chi connectivity index (χ1) is 24.5. The van der Waals surface area contributed by atoms with E-state index >= 15 is 0 Å². The van der Waals surface area contributed by atoms with Crippen LogP contribution < -0.4 is 0 Å². The van der Waals surface area contributed by atoms with E-state index in [9.17, 15) is 5.53 Å². The number of nitrogens with zero attached hydrogens (tertiary/aromatic N) is 2. The van der Waals surface area contributed by atoms with E-state index in [-0.39, 0.29) is 20.4 Å². The van der Waals surface area contributed by atoms with Crippen LogP contribution >= 0.6 is 0 Å². The van der Waals surface area contributed by atoms with Gasteiger partial charge in [-0.25, -0.2) is 4.70 Å². The van der Waals surface area contributed by atoms with Crippen molar-refractivity contribution in [3.63, 3.8) is 0 Å². The summed E-state index contributed by atoms with van der Waals surface area (Å²) in [6.45, 7) is 21.4. The maximum Gasteiger partial charge on any atom is 2.00 e.